The third kappa shape index (κ3) is 1.63. The molecule has 1 N–H and O–H groups in total. The summed E-state index contributed by atoms with van der Waals surface area (Å²) in [5.74, 6) is 0.646. The number of fused-ring (bicyclic) bond motifs is 6. The van der Waals surface area contributed by atoms with E-state index in [9.17, 15) is 4.79 Å². The number of rotatable bonds is 0. The highest BCUT2D eigenvalue weighted by molar-refractivity contribution is 6.02. The number of para-hydroxylation sites is 2. The molecule has 3 atom stereocenters. The second kappa shape index (κ2) is 4.51. The molecule has 4 heteroatoms. The van der Waals surface area contributed by atoms with E-state index in [1.54, 1.807) is 0 Å². The first kappa shape index (κ1) is 13.0. The summed E-state index contributed by atoms with van der Waals surface area (Å²) in [5, 5.41) is 3.68. The molecule has 1 saturated heterocycles. The van der Waals surface area contributed by atoms with Crippen molar-refractivity contribution >= 4 is 17.3 Å². The third-order valence-electron chi connectivity index (χ3n) is 5.61. The third-order valence-corrected chi connectivity index (χ3v) is 5.61. The Balaban J connectivity index is 1.60. The number of anilines is 2. The van der Waals surface area contributed by atoms with Gasteiger partial charge in [-0.25, -0.2) is 0 Å². The van der Waals surface area contributed by atoms with Gasteiger partial charge in [-0.05, 0) is 30.2 Å². The van der Waals surface area contributed by atoms with Crippen molar-refractivity contribution in [2.24, 2.45) is 0 Å². The zero-order valence-electron chi connectivity index (χ0n) is 13.1. The van der Waals surface area contributed by atoms with Gasteiger partial charge in [0.2, 0.25) is 0 Å². The number of hydrogen-bond donors (Lipinski definition) is 1. The molecule has 3 aliphatic heterocycles. The van der Waals surface area contributed by atoms with Gasteiger partial charge in [0.25, 0.3) is 5.91 Å². The van der Waals surface area contributed by atoms with E-state index in [0.29, 0.717) is 5.92 Å². The summed E-state index contributed by atoms with van der Waals surface area (Å²) < 4.78 is 0. The van der Waals surface area contributed by atoms with Crippen LogP contribution in [0.1, 0.15) is 28.3 Å². The van der Waals surface area contributed by atoms with E-state index in [2.05, 4.69) is 47.6 Å². The molecule has 5 rings (SSSR count). The van der Waals surface area contributed by atoms with Crippen molar-refractivity contribution < 1.29 is 4.79 Å². The van der Waals surface area contributed by atoms with Crippen LogP contribution < -0.4 is 10.2 Å². The molecule has 0 aliphatic carbocycles. The van der Waals surface area contributed by atoms with Gasteiger partial charge >= 0.3 is 0 Å². The predicted molar refractivity (Wildman–Crippen MR) is 90.9 cm³/mol. The Bertz CT molecular complexity index is 803. The molecule has 0 saturated carbocycles. The smallest absolute Gasteiger partial charge is 0.257 e. The minimum Gasteiger partial charge on any atom is -0.377 e. The largest absolute Gasteiger partial charge is 0.377 e. The number of benzene rings is 2. The van der Waals surface area contributed by atoms with Crippen molar-refractivity contribution in [3.63, 3.8) is 0 Å². The highest BCUT2D eigenvalue weighted by Gasteiger charge is 2.49. The first-order valence-corrected chi connectivity index (χ1v) is 8.24. The van der Waals surface area contributed by atoms with Gasteiger partial charge in [-0.15, -0.1) is 0 Å². The van der Waals surface area contributed by atoms with E-state index in [1.807, 2.05) is 23.1 Å². The van der Waals surface area contributed by atoms with Gasteiger partial charge in [0, 0.05) is 25.2 Å². The highest BCUT2D eigenvalue weighted by atomic mass is 16.2. The van der Waals surface area contributed by atoms with Gasteiger partial charge in [0.05, 0.1) is 17.3 Å². The molecule has 3 heterocycles. The molecule has 0 spiro atoms. The second-order valence-corrected chi connectivity index (χ2v) is 6.69. The summed E-state index contributed by atoms with van der Waals surface area (Å²) in [4.78, 5) is 17.2. The average Bonchev–Trinajstić information content (AvgIpc) is 2.98. The summed E-state index contributed by atoms with van der Waals surface area (Å²) >= 11 is 0. The van der Waals surface area contributed by atoms with Crippen molar-refractivity contribution in [3.8, 4) is 0 Å². The molecule has 3 aliphatic rings. The molecule has 0 aromatic heterocycles. The van der Waals surface area contributed by atoms with Crippen LogP contribution in [0.5, 0.6) is 0 Å². The van der Waals surface area contributed by atoms with Crippen LogP contribution in [0, 0.1) is 0 Å². The van der Waals surface area contributed by atoms with Crippen LogP contribution in [-0.2, 0) is 0 Å². The molecule has 1 fully saturated rings. The van der Waals surface area contributed by atoms with Crippen LogP contribution in [0.15, 0.2) is 48.5 Å². The maximum absolute atomic E-state index is 12.9. The number of piperidine rings is 1. The van der Waals surface area contributed by atoms with Gasteiger partial charge in [-0.2, -0.15) is 0 Å². The molecule has 4 nitrogen and oxygen atoms in total. The van der Waals surface area contributed by atoms with E-state index in [0.717, 1.165) is 24.2 Å². The quantitative estimate of drug-likeness (QED) is 0.813. The van der Waals surface area contributed by atoms with Crippen LogP contribution in [0.25, 0.3) is 0 Å². The Morgan fingerprint density at radius 1 is 1.09 bits per heavy atom. The number of nitrogens with zero attached hydrogens (tertiary/aromatic N) is 2. The van der Waals surface area contributed by atoms with Crippen LogP contribution in [0.2, 0.25) is 0 Å². The monoisotopic (exact) mass is 305 g/mol. The van der Waals surface area contributed by atoms with Crippen molar-refractivity contribution in [3.05, 3.63) is 59.7 Å². The molecule has 23 heavy (non-hydrogen) atoms. The first-order chi connectivity index (χ1) is 11.3. The Kier molecular flexibility index (Phi) is 2.55. The maximum Gasteiger partial charge on any atom is 0.257 e. The van der Waals surface area contributed by atoms with Crippen molar-refractivity contribution in [1.29, 1.82) is 0 Å². The number of carbonyl (C=O) groups is 1. The van der Waals surface area contributed by atoms with Gasteiger partial charge in [0.1, 0.15) is 6.17 Å². The molecular formula is C19H19N3O. The minimum atomic E-state index is 0.0727. The summed E-state index contributed by atoms with van der Waals surface area (Å²) in [6.07, 6.45) is 1.09. The molecule has 2 aromatic carbocycles. The van der Waals surface area contributed by atoms with Gasteiger partial charge in [0.15, 0.2) is 0 Å². The topological polar surface area (TPSA) is 35.6 Å². The number of amides is 1. The van der Waals surface area contributed by atoms with E-state index >= 15 is 0 Å². The zero-order chi connectivity index (χ0) is 15.6. The summed E-state index contributed by atoms with van der Waals surface area (Å²) in [6.45, 7) is 0.819. The standard InChI is InChI=1S/C19H19N3O/c1-21-16-9-5-3-7-14(16)19(23)22-11-10-13-12-6-2-4-8-15(12)20-17(13)18(21)22/h2-9,13,17-18,20H,10-11H2,1H3. The Labute approximate surface area is 135 Å². The summed E-state index contributed by atoms with van der Waals surface area (Å²) in [7, 11) is 2.11. The molecule has 3 unspecified atom stereocenters. The highest BCUT2D eigenvalue weighted by Crippen LogP contribution is 2.46. The lowest BCUT2D eigenvalue weighted by Gasteiger charge is -2.51. The number of nitrogens with one attached hydrogen (secondary N) is 1. The van der Waals surface area contributed by atoms with E-state index in [4.69, 9.17) is 0 Å². The van der Waals surface area contributed by atoms with Gasteiger partial charge in [-0.1, -0.05) is 30.3 Å². The SMILES string of the molecule is CN1c2ccccc2C(=O)N2CCC3c4ccccc4NC3C21. The van der Waals surface area contributed by atoms with Crippen LogP contribution in [-0.4, -0.2) is 36.6 Å². The Morgan fingerprint density at radius 2 is 1.87 bits per heavy atom. The van der Waals surface area contributed by atoms with Gasteiger partial charge < -0.3 is 15.1 Å². The zero-order valence-corrected chi connectivity index (χ0v) is 13.1. The van der Waals surface area contributed by atoms with Gasteiger partial charge in [-0.3, -0.25) is 4.79 Å². The fourth-order valence-corrected chi connectivity index (χ4v) is 4.58. The average molecular weight is 305 g/mol. The summed E-state index contributed by atoms with van der Waals surface area (Å²) in [5.41, 5.74) is 4.48. The summed E-state index contributed by atoms with van der Waals surface area (Å²) in [6, 6.07) is 16.8. The van der Waals surface area contributed by atoms with E-state index in [-0.39, 0.29) is 18.1 Å². The Hall–Kier alpha value is -2.49. The van der Waals surface area contributed by atoms with Crippen LogP contribution in [0.3, 0.4) is 0 Å². The number of carbonyl (C=O) groups excluding carboxylic acids is 1. The van der Waals surface area contributed by atoms with Crippen LogP contribution in [0.4, 0.5) is 11.4 Å². The molecule has 0 bridgehead atoms. The molecule has 2 aromatic rings. The number of likely N-dealkylation sites (N-methyl/N-ethyl adjacent to an activating group) is 1. The normalized spacial score (nSPS) is 27.7. The molecule has 0 radical (unpaired) electrons. The molecule has 116 valence electrons. The van der Waals surface area contributed by atoms with E-state index in [1.165, 1.54) is 11.3 Å². The molecule has 1 amide bonds. The van der Waals surface area contributed by atoms with Crippen molar-refractivity contribution in [1.82, 2.24) is 4.90 Å². The molecular weight excluding hydrogens is 286 g/mol. The second-order valence-electron chi connectivity index (χ2n) is 6.69. The predicted octanol–water partition coefficient (Wildman–Crippen LogP) is 2.89. The fourth-order valence-electron chi connectivity index (χ4n) is 4.58. The fraction of sp³-hybridized carbons (Fsp3) is 0.316. The Morgan fingerprint density at radius 3 is 2.78 bits per heavy atom. The lowest BCUT2D eigenvalue weighted by molar-refractivity contribution is 0.0548. The van der Waals surface area contributed by atoms with E-state index < -0.39 is 0 Å². The lowest BCUT2D eigenvalue weighted by atomic mass is 9.84. The minimum absolute atomic E-state index is 0.0727. The maximum atomic E-state index is 12.9. The van der Waals surface area contributed by atoms with Crippen molar-refractivity contribution in [2.75, 3.05) is 23.8 Å². The van der Waals surface area contributed by atoms with Crippen LogP contribution >= 0.6 is 0 Å². The number of hydrogen-bond acceptors (Lipinski definition) is 3. The first-order valence-electron chi connectivity index (χ1n) is 8.24. The lowest BCUT2D eigenvalue weighted by Crippen LogP contribution is -2.64. The van der Waals surface area contributed by atoms with Crippen molar-refractivity contribution in [2.45, 2.75) is 24.5 Å².